The fourth-order valence-corrected chi connectivity index (χ4v) is 5.57. The van der Waals surface area contributed by atoms with Gasteiger partial charge in [0.1, 0.15) is 5.82 Å². The van der Waals surface area contributed by atoms with Crippen molar-refractivity contribution in [2.75, 3.05) is 9.57 Å². The molecule has 0 amide bonds. The first kappa shape index (κ1) is 24.5. The molecule has 2 aromatic heterocycles. The number of pyridine rings is 2. The average molecular weight is 523 g/mol. The Labute approximate surface area is 231 Å². The lowest BCUT2D eigenvalue weighted by Crippen LogP contribution is -2.14. The Bertz CT molecular complexity index is 1550. The summed E-state index contributed by atoms with van der Waals surface area (Å²) >= 11 is 0. The number of rotatable bonds is 8. The van der Waals surface area contributed by atoms with Gasteiger partial charge in [0.05, 0.1) is 16.8 Å². The Kier molecular flexibility index (Phi) is 7.38. The highest BCUT2D eigenvalue weighted by Gasteiger charge is 2.15. The minimum atomic E-state index is 0.323. The van der Waals surface area contributed by atoms with Crippen LogP contribution in [0, 0.1) is 0 Å². The van der Waals surface area contributed by atoms with Crippen molar-refractivity contribution < 1.29 is 0 Å². The zero-order chi connectivity index (χ0) is 26.3. The van der Waals surface area contributed by atoms with E-state index in [-0.39, 0.29) is 0 Å². The van der Waals surface area contributed by atoms with Gasteiger partial charge in [0, 0.05) is 31.5 Å². The van der Waals surface area contributed by atoms with Gasteiger partial charge in [0.2, 0.25) is 0 Å². The van der Waals surface area contributed by atoms with Crippen molar-refractivity contribution in [3.05, 3.63) is 158 Å². The van der Waals surface area contributed by atoms with E-state index in [1.807, 2.05) is 72.8 Å². The van der Waals surface area contributed by atoms with E-state index in [9.17, 15) is 0 Å². The number of benzene rings is 4. The van der Waals surface area contributed by atoms with E-state index >= 15 is 0 Å². The summed E-state index contributed by atoms with van der Waals surface area (Å²) in [6.07, 6.45) is 0. The van der Waals surface area contributed by atoms with Crippen LogP contribution >= 0.6 is 8.73 Å². The normalized spacial score (nSPS) is 11.0. The Morgan fingerprint density at radius 1 is 0.385 bits per heavy atom. The fourth-order valence-electron chi connectivity index (χ4n) is 4.44. The fraction of sp³-hybridized carbons (Fsp3) is 0. The smallest absolute Gasteiger partial charge is 0.138 e. The lowest BCUT2D eigenvalue weighted by molar-refractivity contribution is 1.17. The minimum Gasteiger partial charge on any atom is -0.317 e. The number of aromatic nitrogens is 2. The first-order chi connectivity index (χ1) is 19.3. The van der Waals surface area contributed by atoms with Crippen LogP contribution in [-0.4, -0.2) is 9.97 Å². The second-order valence-electron chi connectivity index (χ2n) is 8.91. The first-order valence-corrected chi connectivity index (χ1v) is 13.8. The highest BCUT2D eigenvalue weighted by atomic mass is 31.1. The molecular formula is C34H27N4P. The number of hydrogen-bond donors (Lipinski definition) is 0. The Morgan fingerprint density at radius 3 is 1.33 bits per heavy atom. The molecule has 0 aliphatic heterocycles. The predicted octanol–water partition coefficient (Wildman–Crippen LogP) is 8.67. The monoisotopic (exact) mass is 522 g/mol. The third-order valence-electron chi connectivity index (χ3n) is 6.26. The summed E-state index contributed by atoms with van der Waals surface area (Å²) in [7, 11) is 0.323. The van der Waals surface area contributed by atoms with Crippen molar-refractivity contribution >= 4 is 42.7 Å². The van der Waals surface area contributed by atoms with Gasteiger partial charge in [0.15, 0.2) is 0 Å². The van der Waals surface area contributed by atoms with Crippen LogP contribution < -0.4 is 15.0 Å². The van der Waals surface area contributed by atoms with Gasteiger partial charge in [-0.1, -0.05) is 84.9 Å². The van der Waals surface area contributed by atoms with E-state index in [2.05, 4.69) is 94.5 Å². The number of anilines is 5. The van der Waals surface area contributed by atoms with Crippen LogP contribution in [0.15, 0.2) is 158 Å². The van der Waals surface area contributed by atoms with E-state index in [0.717, 1.165) is 45.4 Å². The molecule has 0 radical (unpaired) electrons. The molecule has 0 aliphatic rings. The molecule has 0 spiro atoms. The molecule has 2 heterocycles. The van der Waals surface area contributed by atoms with E-state index < -0.39 is 0 Å². The summed E-state index contributed by atoms with van der Waals surface area (Å²) in [5.74, 6) is 0.842. The van der Waals surface area contributed by atoms with Crippen LogP contribution in [0.25, 0.3) is 11.4 Å². The second-order valence-corrected chi connectivity index (χ2v) is 10.1. The van der Waals surface area contributed by atoms with Crippen molar-refractivity contribution in [2.45, 2.75) is 0 Å². The zero-order valence-electron chi connectivity index (χ0n) is 21.3. The van der Waals surface area contributed by atoms with Crippen LogP contribution in [0.5, 0.6) is 0 Å². The van der Waals surface area contributed by atoms with Crippen LogP contribution in [0.1, 0.15) is 0 Å². The highest BCUT2D eigenvalue weighted by Crippen LogP contribution is 2.36. The Hall–Kier alpha value is -4.79. The molecule has 188 valence electrons. The molecule has 6 aromatic rings. The predicted molar refractivity (Wildman–Crippen MR) is 165 cm³/mol. The summed E-state index contributed by atoms with van der Waals surface area (Å²) in [6, 6.07) is 53.9. The van der Waals surface area contributed by atoms with E-state index in [1.165, 1.54) is 0 Å². The summed E-state index contributed by atoms with van der Waals surface area (Å²) in [5, 5.41) is 0. The summed E-state index contributed by atoms with van der Waals surface area (Å²) in [4.78, 5) is 12.3. The van der Waals surface area contributed by atoms with E-state index in [4.69, 9.17) is 9.97 Å². The first-order valence-electron chi connectivity index (χ1n) is 12.9. The maximum Gasteiger partial charge on any atom is 0.138 e. The zero-order valence-corrected chi connectivity index (χ0v) is 22.3. The van der Waals surface area contributed by atoms with Crippen LogP contribution in [0.4, 0.5) is 28.6 Å². The van der Waals surface area contributed by atoms with E-state index in [1.54, 1.807) is 0 Å². The topological polar surface area (TPSA) is 32.3 Å². The molecule has 1 atom stereocenters. The van der Waals surface area contributed by atoms with Gasteiger partial charge in [-0.3, -0.25) is 4.90 Å². The van der Waals surface area contributed by atoms with Crippen molar-refractivity contribution in [3.63, 3.8) is 0 Å². The van der Waals surface area contributed by atoms with Gasteiger partial charge in [-0.05, 0) is 72.8 Å². The molecule has 4 nitrogen and oxygen atoms in total. The van der Waals surface area contributed by atoms with Gasteiger partial charge in [0.25, 0.3) is 0 Å². The van der Waals surface area contributed by atoms with Gasteiger partial charge in [-0.2, -0.15) is 0 Å². The van der Waals surface area contributed by atoms with Crippen molar-refractivity contribution in [2.24, 2.45) is 0 Å². The standard InChI is InChI=1S/C34H27N4P/c1-5-15-27(16-6-1)37(28-17-7-2-8-18-28)33-25-13-23-31(35-33)32-24-14-26-34(36-32)39-38(29-19-9-3-10-20-29)30-21-11-4-12-22-30/h1-26,39H. The average Bonchev–Trinajstić information content (AvgIpc) is 3.02. The van der Waals surface area contributed by atoms with Crippen molar-refractivity contribution in [1.29, 1.82) is 0 Å². The highest BCUT2D eigenvalue weighted by molar-refractivity contribution is 7.49. The van der Waals surface area contributed by atoms with Crippen molar-refractivity contribution in [1.82, 2.24) is 9.97 Å². The van der Waals surface area contributed by atoms with Crippen LogP contribution in [0.3, 0.4) is 0 Å². The van der Waals surface area contributed by atoms with Crippen LogP contribution in [0.2, 0.25) is 0 Å². The Balaban J connectivity index is 1.35. The Morgan fingerprint density at radius 2 is 0.821 bits per heavy atom. The number of para-hydroxylation sites is 4. The molecular weight excluding hydrogens is 495 g/mol. The molecule has 39 heavy (non-hydrogen) atoms. The minimum absolute atomic E-state index is 0.323. The van der Waals surface area contributed by atoms with Gasteiger partial charge in [-0.15, -0.1) is 0 Å². The summed E-state index contributed by atoms with van der Waals surface area (Å²) in [5.41, 5.74) is 7.06. The third-order valence-corrected chi connectivity index (χ3v) is 7.51. The largest absolute Gasteiger partial charge is 0.317 e. The SMILES string of the molecule is c1ccc(N(Pc2cccc(-c3cccc(N(c4ccccc4)c4ccccc4)n3)n2)c2ccccc2)cc1. The third kappa shape index (κ3) is 5.72. The molecule has 0 bridgehead atoms. The molecule has 0 fully saturated rings. The molecule has 4 aromatic carbocycles. The van der Waals surface area contributed by atoms with Gasteiger partial charge >= 0.3 is 0 Å². The quantitative estimate of drug-likeness (QED) is 0.187. The molecule has 0 N–H and O–H groups in total. The molecule has 0 aliphatic carbocycles. The van der Waals surface area contributed by atoms with E-state index in [0.29, 0.717) is 8.73 Å². The lowest BCUT2D eigenvalue weighted by Gasteiger charge is -2.25. The van der Waals surface area contributed by atoms with Crippen LogP contribution in [-0.2, 0) is 0 Å². The van der Waals surface area contributed by atoms with Gasteiger partial charge < -0.3 is 4.67 Å². The molecule has 1 unspecified atom stereocenters. The molecule has 0 saturated carbocycles. The second kappa shape index (κ2) is 11.7. The number of hydrogen-bond acceptors (Lipinski definition) is 4. The van der Waals surface area contributed by atoms with Gasteiger partial charge in [-0.25, -0.2) is 9.97 Å². The molecule has 0 saturated heterocycles. The summed E-state index contributed by atoms with van der Waals surface area (Å²) < 4.78 is 2.31. The maximum absolute atomic E-state index is 5.09. The molecule has 6 rings (SSSR count). The maximum atomic E-state index is 5.09. The number of nitrogens with zero attached hydrogens (tertiary/aromatic N) is 4. The summed E-state index contributed by atoms with van der Waals surface area (Å²) in [6.45, 7) is 0. The molecule has 5 heteroatoms. The lowest BCUT2D eigenvalue weighted by atomic mass is 10.2. The van der Waals surface area contributed by atoms with Crippen molar-refractivity contribution in [3.8, 4) is 11.4 Å².